The summed E-state index contributed by atoms with van der Waals surface area (Å²) in [7, 11) is 5.27. The number of aliphatic hydroxyl groups is 1. The van der Waals surface area contributed by atoms with E-state index in [4.69, 9.17) is 13.0 Å². The van der Waals surface area contributed by atoms with Crippen LogP contribution in [0.4, 0.5) is 0 Å². The third-order valence-corrected chi connectivity index (χ3v) is 3.10. The van der Waals surface area contributed by atoms with Crippen molar-refractivity contribution in [1.82, 2.24) is 0 Å². The predicted octanol–water partition coefficient (Wildman–Crippen LogP) is 4.17. The zero-order valence-corrected chi connectivity index (χ0v) is 11.1. The van der Waals surface area contributed by atoms with Crippen molar-refractivity contribution in [3.63, 3.8) is 0 Å². The van der Waals surface area contributed by atoms with Gasteiger partial charge in [-0.1, -0.05) is 77.6 Å². The minimum atomic E-state index is -0.599. The smallest absolute Gasteiger partial charge is 0.108 e. The molecule has 0 fully saturated rings. The second kappa shape index (κ2) is 13.1. The van der Waals surface area contributed by atoms with Crippen molar-refractivity contribution in [2.45, 2.75) is 90.0 Å². The van der Waals surface area contributed by atoms with Gasteiger partial charge in [-0.15, -0.1) is 0 Å². The maximum absolute atomic E-state index is 8.87. The van der Waals surface area contributed by atoms with Crippen molar-refractivity contribution < 1.29 is 5.11 Å². The molecule has 0 aromatic carbocycles. The Kier molecular flexibility index (Phi) is 13.1. The van der Waals surface area contributed by atoms with E-state index in [1.54, 1.807) is 0 Å². The molecule has 1 nitrogen and oxygen atoms in total. The lowest BCUT2D eigenvalue weighted by Gasteiger charge is -2.04. The van der Waals surface area contributed by atoms with Crippen LogP contribution in [0, 0.1) is 0 Å². The summed E-state index contributed by atoms with van der Waals surface area (Å²) < 4.78 is 0. The minimum Gasteiger partial charge on any atom is -0.403 e. The van der Waals surface area contributed by atoms with Crippen molar-refractivity contribution in [2.24, 2.45) is 0 Å². The fraction of sp³-hybridized carbons (Fsp3) is 1.00. The van der Waals surface area contributed by atoms with E-state index in [-0.39, 0.29) is 0 Å². The van der Waals surface area contributed by atoms with Gasteiger partial charge in [-0.2, -0.15) is 0 Å². The molecule has 0 rings (SSSR count). The van der Waals surface area contributed by atoms with Gasteiger partial charge in [0.1, 0.15) is 7.85 Å². The van der Waals surface area contributed by atoms with Gasteiger partial charge in [0.2, 0.25) is 0 Å². The Morgan fingerprint density at radius 3 is 1.50 bits per heavy atom. The molecule has 1 unspecified atom stereocenters. The Morgan fingerprint density at radius 1 is 0.750 bits per heavy atom. The van der Waals surface area contributed by atoms with Crippen molar-refractivity contribution in [3.05, 3.63) is 0 Å². The molecule has 0 aromatic rings. The average Bonchev–Trinajstić information content (AvgIpc) is 2.25. The zero-order valence-electron chi connectivity index (χ0n) is 11.1. The highest BCUT2D eigenvalue weighted by atomic mass is 16.3. The SMILES string of the molecule is [B]C(O)CCCCCCCCCCCCC. The quantitative estimate of drug-likeness (QED) is 0.389. The number of rotatable bonds is 12. The van der Waals surface area contributed by atoms with Crippen LogP contribution in [0.1, 0.15) is 84.0 Å². The summed E-state index contributed by atoms with van der Waals surface area (Å²) >= 11 is 0. The van der Waals surface area contributed by atoms with Crippen molar-refractivity contribution in [3.8, 4) is 0 Å². The largest absolute Gasteiger partial charge is 0.403 e. The Morgan fingerprint density at radius 2 is 1.12 bits per heavy atom. The summed E-state index contributed by atoms with van der Waals surface area (Å²) in [5, 5.41) is 8.87. The zero-order chi connectivity index (χ0) is 12.1. The summed E-state index contributed by atoms with van der Waals surface area (Å²) in [6.07, 6.45) is 15.5. The standard InChI is InChI=1S/C14H29BO/c1-2-3-4-5-6-7-8-9-10-11-12-13-14(15)16/h14,16H,2-13H2,1H3. The molecule has 0 saturated heterocycles. The molecule has 2 heteroatoms. The van der Waals surface area contributed by atoms with Crippen LogP contribution in [0.3, 0.4) is 0 Å². The van der Waals surface area contributed by atoms with Gasteiger partial charge in [0.25, 0.3) is 0 Å². The fourth-order valence-corrected chi connectivity index (χ4v) is 2.02. The van der Waals surface area contributed by atoms with E-state index in [1.165, 1.54) is 64.2 Å². The van der Waals surface area contributed by atoms with E-state index < -0.39 is 6.00 Å². The highest BCUT2D eigenvalue weighted by Gasteiger charge is 1.95. The average molecular weight is 224 g/mol. The summed E-state index contributed by atoms with van der Waals surface area (Å²) in [6, 6.07) is -0.599. The second-order valence-corrected chi connectivity index (χ2v) is 4.89. The normalized spacial score (nSPS) is 12.9. The molecule has 94 valence electrons. The Balaban J connectivity index is 2.88. The lowest BCUT2D eigenvalue weighted by molar-refractivity contribution is 0.239. The Hall–Kier alpha value is 0.0249. The lowest BCUT2D eigenvalue weighted by atomic mass is 9.94. The number of unbranched alkanes of at least 4 members (excludes halogenated alkanes) is 10. The van der Waals surface area contributed by atoms with Gasteiger partial charge in [-0.05, 0) is 6.42 Å². The molecule has 1 N–H and O–H groups in total. The van der Waals surface area contributed by atoms with Crippen LogP contribution >= 0.6 is 0 Å². The first-order chi connectivity index (χ1) is 7.77. The number of hydrogen-bond donors (Lipinski definition) is 1. The Labute approximate surface area is 103 Å². The third kappa shape index (κ3) is 14.0. The van der Waals surface area contributed by atoms with Gasteiger partial charge < -0.3 is 5.11 Å². The minimum absolute atomic E-state index is 0.599. The van der Waals surface area contributed by atoms with E-state index >= 15 is 0 Å². The molecule has 16 heavy (non-hydrogen) atoms. The second-order valence-electron chi connectivity index (χ2n) is 4.89. The van der Waals surface area contributed by atoms with Gasteiger partial charge in [0.05, 0.1) is 0 Å². The predicted molar refractivity (Wildman–Crippen MR) is 72.8 cm³/mol. The van der Waals surface area contributed by atoms with Gasteiger partial charge in [-0.25, -0.2) is 0 Å². The van der Waals surface area contributed by atoms with Crippen molar-refractivity contribution >= 4 is 7.85 Å². The molecule has 1 atom stereocenters. The van der Waals surface area contributed by atoms with E-state index in [0.29, 0.717) is 0 Å². The summed E-state index contributed by atoms with van der Waals surface area (Å²) in [5.74, 6) is 0. The van der Waals surface area contributed by atoms with Crippen molar-refractivity contribution in [1.29, 1.82) is 0 Å². The van der Waals surface area contributed by atoms with Gasteiger partial charge in [0.15, 0.2) is 0 Å². The van der Waals surface area contributed by atoms with Gasteiger partial charge >= 0.3 is 0 Å². The van der Waals surface area contributed by atoms with Crippen LogP contribution < -0.4 is 0 Å². The molecule has 2 radical (unpaired) electrons. The van der Waals surface area contributed by atoms with Crippen LogP contribution in [0.25, 0.3) is 0 Å². The third-order valence-electron chi connectivity index (χ3n) is 3.10. The number of hydrogen-bond acceptors (Lipinski definition) is 1. The lowest BCUT2D eigenvalue weighted by Crippen LogP contribution is -2.04. The summed E-state index contributed by atoms with van der Waals surface area (Å²) in [5.41, 5.74) is 0. The van der Waals surface area contributed by atoms with Crippen LogP contribution in [0.5, 0.6) is 0 Å². The molecule has 0 heterocycles. The molecule has 0 aliphatic carbocycles. The van der Waals surface area contributed by atoms with Crippen LogP contribution in [0.2, 0.25) is 0 Å². The highest BCUT2D eigenvalue weighted by molar-refractivity contribution is 6.10. The van der Waals surface area contributed by atoms with Crippen LogP contribution in [0.15, 0.2) is 0 Å². The van der Waals surface area contributed by atoms with Crippen LogP contribution in [-0.2, 0) is 0 Å². The first-order valence-electron chi connectivity index (χ1n) is 7.21. The first-order valence-corrected chi connectivity index (χ1v) is 7.21. The number of aliphatic hydroxyl groups excluding tert-OH is 1. The molecule has 0 aliphatic heterocycles. The van der Waals surface area contributed by atoms with Gasteiger partial charge in [0, 0.05) is 6.00 Å². The van der Waals surface area contributed by atoms with E-state index in [2.05, 4.69) is 6.92 Å². The molecule has 0 spiro atoms. The highest BCUT2D eigenvalue weighted by Crippen LogP contribution is 2.12. The Bertz CT molecular complexity index is 126. The van der Waals surface area contributed by atoms with Gasteiger partial charge in [-0.3, -0.25) is 0 Å². The monoisotopic (exact) mass is 224 g/mol. The van der Waals surface area contributed by atoms with Crippen molar-refractivity contribution in [2.75, 3.05) is 0 Å². The van der Waals surface area contributed by atoms with E-state index in [9.17, 15) is 0 Å². The summed E-state index contributed by atoms with van der Waals surface area (Å²) in [4.78, 5) is 0. The van der Waals surface area contributed by atoms with E-state index in [0.717, 1.165) is 12.8 Å². The molecular formula is C14H29BO. The van der Waals surface area contributed by atoms with Crippen LogP contribution in [-0.4, -0.2) is 19.0 Å². The molecule has 0 aliphatic rings. The molecule has 0 aromatic heterocycles. The molecule has 0 bridgehead atoms. The molecular weight excluding hydrogens is 195 g/mol. The summed E-state index contributed by atoms with van der Waals surface area (Å²) in [6.45, 7) is 2.26. The topological polar surface area (TPSA) is 20.2 Å². The molecule has 0 saturated carbocycles. The van der Waals surface area contributed by atoms with E-state index in [1.807, 2.05) is 0 Å². The fourth-order valence-electron chi connectivity index (χ4n) is 2.02. The maximum Gasteiger partial charge on any atom is 0.108 e. The maximum atomic E-state index is 8.87. The first kappa shape index (κ1) is 16.0. The molecule has 0 amide bonds.